The summed E-state index contributed by atoms with van der Waals surface area (Å²) in [4.78, 5) is 58.7. The molecule has 4 heterocycles. The number of piperidine rings is 2. The van der Waals surface area contributed by atoms with Gasteiger partial charge >= 0.3 is 6.09 Å². The number of likely N-dealkylation sites (tertiary alicyclic amines) is 1. The summed E-state index contributed by atoms with van der Waals surface area (Å²) in [5.74, 6) is 2.27. The molecule has 1 aromatic rings. The number of fused-ring (bicyclic) bond motifs is 1. The number of piperazine rings is 1. The van der Waals surface area contributed by atoms with Gasteiger partial charge in [0.25, 0.3) is 5.91 Å². The van der Waals surface area contributed by atoms with Crippen molar-refractivity contribution in [2.24, 2.45) is 0 Å². The molecule has 1 N–H and O–H groups in total. The number of amides is 4. The molecule has 4 aliphatic rings. The fourth-order valence-electron chi connectivity index (χ4n) is 7.52. The Balaban J connectivity index is 1.08. The van der Waals surface area contributed by atoms with Crippen molar-refractivity contribution in [1.82, 2.24) is 24.9 Å². The summed E-state index contributed by atoms with van der Waals surface area (Å²) in [6.45, 7) is 13.0. The zero-order valence-electron chi connectivity index (χ0n) is 27.9. The number of carbonyl (C=O) groups is 4. The molecule has 4 amide bonds. The molecule has 2 unspecified atom stereocenters. The minimum absolute atomic E-state index is 0.130. The summed E-state index contributed by atoms with van der Waals surface area (Å²) in [6, 6.07) is 5.85. The van der Waals surface area contributed by atoms with Crippen LogP contribution in [0.5, 0.6) is 0 Å². The van der Waals surface area contributed by atoms with E-state index in [4.69, 9.17) is 11.2 Å². The van der Waals surface area contributed by atoms with Crippen LogP contribution in [0.25, 0.3) is 0 Å². The Kier molecular flexibility index (Phi) is 11.1. The van der Waals surface area contributed by atoms with Crippen molar-refractivity contribution >= 4 is 23.8 Å². The third-order valence-electron chi connectivity index (χ3n) is 10.0. The second-order valence-electron chi connectivity index (χ2n) is 14.3. The van der Waals surface area contributed by atoms with Gasteiger partial charge in [-0.15, -0.1) is 12.3 Å². The molecule has 3 saturated heterocycles. The van der Waals surface area contributed by atoms with E-state index in [0.717, 1.165) is 89.9 Å². The third kappa shape index (κ3) is 8.29. The third-order valence-corrected chi connectivity index (χ3v) is 10.0. The van der Waals surface area contributed by atoms with Crippen molar-refractivity contribution in [1.29, 1.82) is 0 Å². The smallest absolute Gasteiger partial charge is 0.410 e. The molecule has 0 saturated carbocycles. The maximum absolute atomic E-state index is 13.4. The molecule has 0 spiro atoms. The first-order chi connectivity index (χ1) is 22.0. The van der Waals surface area contributed by atoms with Gasteiger partial charge in [0.05, 0.1) is 0 Å². The van der Waals surface area contributed by atoms with E-state index >= 15 is 0 Å². The van der Waals surface area contributed by atoms with Crippen molar-refractivity contribution in [3.63, 3.8) is 0 Å². The largest absolute Gasteiger partial charge is 0.444 e. The summed E-state index contributed by atoms with van der Waals surface area (Å²) in [5.41, 5.74) is 2.38. The van der Waals surface area contributed by atoms with Gasteiger partial charge in [0.1, 0.15) is 11.6 Å². The Hall–Kier alpha value is -3.42. The van der Waals surface area contributed by atoms with Crippen molar-refractivity contribution in [3.8, 4) is 12.3 Å². The standard InChI is InChI=1S/C36H51N5O5/c1-5-6-10-26(28-12-9-13-29-30(28)25-41(34(29)44)31-14-15-32(42)37-33(31)43)11-7-8-18-38-21-23-39(24-22-38)27-16-19-40(20-17-27)35(45)46-36(2,3)4/h1,9,12-13,26-27,31H,6-8,10-11,14-25H2,2-4H3,(H,37,42,43). The monoisotopic (exact) mass is 633 g/mol. The SMILES string of the molecule is C#CCCC(CCCCN1CCN(C2CCN(C(=O)OC(C)(C)C)CC2)CC1)c1cccc2c1CN(C1CCC(=O)NC1=O)C2=O. The first-order valence-corrected chi connectivity index (χ1v) is 17.2. The zero-order valence-corrected chi connectivity index (χ0v) is 27.9. The van der Waals surface area contributed by atoms with Crippen molar-refractivity contribution in [3.05, 3.63) is 34.9 Å². The zero-order chi connectivity index (χ0) is 32.8. The Morgan fingerprint density at radius 2 is 1.76 bits per heavy atom. The number of nitrogens with one attached hydrogen (secondary N) is 1. The minimum atomic E-state index is -0.611. The predicted octanol–water partition coefficient (Wildman–Crippen LogP) is 4.13. The van der Waals surface area contributed by atoms with Gasteiger partial charge in [0, 0.05) is 70.3 Å². The Morgan fingerprint density at radius 1 is 1.02 bits per heavy atom. The first kappa shape index (κ1) is 33.9. The quantitative estimate of drug-likeness (QED) is 0.235. The highest BCUT2D eigenvalue weighted by molar-refractivity contribution is 6.05. The lowest BCUT2D eigenvalue weighted by molar-refractivity contribution is -0.136. The average Bonchev–Trinajstić information content (AvgIpc) is 3.36. The summed E-state index contributed by atoms with van der Waals surface area (Å²) in [6.07, 6.45) is 12.8. The van der Waals surface area contributed by atoms with Crippen LogP contribution in [-0.4, -0.2) is 107 Å². The molecule has 10 nitrogen and oxygen atoms in total. The van der Waals surface area contributed by atoms with Crippen LogP contribution in [0.15, 0.2) is 18.2 Å². The Labute approximate surface area is 274 Å². The molecular weight excluding hydrogens is 582 g/mol. The lowest BCUT2D eigenvalue weighted by Crippen LogP contribution is -2.54. The van der Waals surface area contributed by atoms with Gasteiger partial charge in [-0.05, 0) is 89.0 Å². The fraction of sp³-hybridized carbons (Fsp3) is 0.667. The normalized spacial score (nSPS) is 22.4. The molecule has 3 fully saturated rings. The molecule has 0 aliphatic carbocycles. The second-order valence-corrected chi connectivity index (χ2v) is 14.3. The summed E-state index contributed by atoms with van der Waals surface area (Å²) >= 11 is 0. The van der Waals surface area contributed by atoms with Crippen LogP contribution in [0.1, 0.15) is 106 Å². The lowest BCUT2D eigenvalue weighted by Gasteiger charge is -2.42. The van der Waals surface area contributed by atoms with Gasteiger partial charge in [-0.1, -0.05) is 18.6 Å². The molecular formula is C36H51N5O5. The molecule has 4 aliphatic heterocycles. The Morgan fingerprint density at radius 3 is 2.43 bits per heavy atom. The van der Waals surface area contributed by atoms with E-state index < -0.39 is 11.6 Å². The number of carbonyl (C=O) groups excluding carboxylic acids is 4. The highest BCUT2D eigenvalue weighted by Crippen LogP contribution is 2.37. The summed E-state index contributed by atoms with van der Waals surface area (Å²) < 4.78 is 5.56. The Bertz CT molecular complexity index is 1320. The van der Waals surface area contributed by atoms with Crippen molar-refractivity contribution in [2.75, 3.05) is 45.8 Å². The maximum Gasteiger partial charge on any atom is 0.410 e. The summed E-state index contributed by atoms with van der Waals surface area (Å²) in [5, 5.41) is 2.39. The van der Waals surface area contributed by atoms with Gasteiger partial charge in [0.15, 0.2) is 0 Å². The van der Waals surface area contributed by atoms with Crippen LogP contribution >= 0.6 is 0 Å². The molecule has 5 rings (SSSR count). The number of unbranched alkanes of at least 4 members (excludes halogenated alkanes) is 1. The average molecular weight is 634 g/mol. The van der Waals surface area contributed by atoms with E-state index in [2.05, 4.69) is 27.1 Å². The number of hydrogen-bond acceptors (Lipinski definition) is 7. The number of terminal acetylenes is 1. The lowest BCUT2D eigenvalue weighted by atomic mass is 9.85. The molecule has 250 valence electrons. The van der Waals surface area contributed by atoms with Gasteiger partial charge in [-0.2, -0.15) is 0 Å². The first-order valence-electron chi connectivity index (χ1n) is 17.2. The number of imide groups is 1. The van der Waals surface area contributed by atoms with Gasteiger partial charge in [0.2, 0.25) is 11.8 Å². The number of hydrogen-bond donors (Lipinski definition) is 1. The van der Waals surface area contributed by atoms with Gasteiger partial charge in [-0.3, -0.25) is 24.6 Å². The highest BCUT2D eigenvalue weighted by atomic mass is 16.6. The maximum atomic E-state index is 13.4. The van der Waals surface area contributed by atoms with E-state index in [1.807, 2.05) is 37.8 Å². The molecule has 0 bridgehead atoms. The van der Waals surface area contributed by atoms with Crippen molar-refractivity contribution < 1.29 is 23.9 Å². The van der Waals surface area contributed by atoms with E-state index in [1.54, 1.807) is 4.90 Å². The van der Waals surface area contributed by atoms with Crippen molar-refractivity contribution in [2.45, 2.75) is 109 Å². The molecule has 0 radical (unpaired) electrons. The molecule has 10 heteroatoms. The fourth-order valence-corrected chi connectivity index (χ4v) is 7.52. The number of rotatable bonds is 10. The van der Waals surface area contributed by atoms with Crippen LogP contribution in [-0.2, 0) is 20.9 Å². The summed E-state index contributed by atoms with van der Waals surface area (Å²) in [7, 11) is 0. The molecule has 46 heavy (non-hydrogen) atoms. The van der Waals surface area contributed by atoms with Crippen LogP contribution < -0.4 is 5.32 Å². The second kappa shape index (κ2) is 15.0. The minimum Gasteiger partial charge on any atom is -0.444 e. The van der Waals surface area contributed by atoms with Crippen LogP contribution in [0.3, 0.4) is 0 Å². The number of ether oxygens (including phenoxy) is 1. The number of nitrogens with zero attached hydrogens (tertiary/aromatic N) is 4. The van der Waals surface area contributed by atoms with E-state index in [9.17, 15) is 19.2 Å². The van der Waals surface area contributed by atoms with Gasteiger partial charge in [-0.25, -0.2) is 4.79 Å². The van der Waals surface area contributed by atoms with E-state index in [-0.39, 0.29) is 36.2 Å². The van der Waals surface area contributed by atoms with Crippen LogP contribution in [0.2, 0.25) is 0 Å². The van der Waals surface area contributed by atoms with E-state index in [1.165, 1.54) is 5.56 Å². The predicted molar refractivity (Wildman–Crippen MR) is 176 cm³/mol. The van der Waals surface area contributed by atoms with Crippen LogP contribution in [0.4, 0.5) is 4.79 Å². The topological polar surface area (TPSA) is 102 Å². The van der Waals surface area contributed by atoms with E-state index in [0.29, 0.717) is 31.0 Å². The number of benzene rings is 1. The highest BCUT2D eigenvalue weighted by Gasteiger charge is 2.40. The molecule has 2 atom stereocenters. The molecule has 0 aromatic heterocycles. The molecule has 1 aromatic carbocycles. The van der Waals surface area contributed by atoms with Crippen LogP contribution in [0, 0.1) is 12.3 Å². The van der Waals surface area contributed by atoms with Gasteiger partial charge < -0.3 is 19.4 Å².